The lowest BCUT2D eigenvalue weighted by molar-refractivity contribution is 0.0657. The zero-order valence-corrected chi connectivity index (χ0v) is 29.0. The number of benzene rings is 2. The maximum atomic E-state index is 13.4. The van der Waals surface area contributed by atoms with E-state index < -0.39 is 7.14 Å². The van der Waals surface area contributed by atoms with Crippen LogP contribution in [0.1, 0.15) is 25.3 Å². The van der Waals surface area contributed by atoms with Crippen LogP contribution in [0.15, 0.2) is 47.3 Å². The molecule has 0 unspecified atom stereocenters. The smallest absolute Gasteiger partial charge is 0.229 e. The van der Waals surface area contributed by atoms with Gasteiger partial charge in [0.05, 0.1) is 33.8 Å². The monoisotopic (exact) mass is 693 g/mol. The van der Waals surface area contributed by atoms with Gasteiger partial charge in [0.1, 0.15) is 24.2 Å². The molecule has 2 aromatic carbocycles. The third-order valence-electron chi connectivity index (χ3n) is 8.73. The number of likely N-dealkylation sites (N-methyl/N-ethyl adjacent to an activating group) is 1. The summed E-state index contributed by atoms with van der Waals surface area (Å²) < 4.78 is 19.9. The van der Waals surface area contributed by atoms with Crippen LogP contribution in [0.3, 0.4) is 0 Å². The Hall–Kier alpha value is -3.31. The van der Waals surface area contributed by atoms with Crippen LogP contribution in [-0.2, 0) is 11.0 Å². The number of methoxy groups -OCH3 is 1. The van der Waals surface area contributed by atoms with E-state index in [0.717, 1.165) is 56.8 Å². The van der Waals surface area contributed by atoms with E-state index in [1.165, 1.54) is 5.56 Å². The molecule has 3 N–H and O–H groups in total. The predicted octanol–water partition coefficient (Wildman–Crippen LogP) is 5.68. The van der Waals surface area contributed by atoms with Crippen LogP contribution in [0.25, 0.3) is 11.0 Å². The van der Waals surface area contributed by atoms with Crippen LogP contribution in [0.4, 0.5) is 28.8 Å². The summed E-state index contributed by atoms with van der Waals surface area (Å²) >= 11 is 3.58. The molecule has 0 bridgehead atoms. The number of rotatable bonds is 10. The second-order valence-electron chi connectivity index (χ2n) is 12.2. The van der Waals surface area contributed by atoms with Crippen LogP contribution in [0, 0.1) is 0 Å². The minimum absolute atomic E-state index is 0.397. The molecule has 0 spiro atoms. The van der Waals surface area contributed by atoms with Crippen molar-refractivity contribution in [3.63, 3.8) is 0 Å². The molecule has 1 aliphatic carbocycles. The molecule has 0 atom stereocenters. The Balaban J connectivity index is 1.20. The number of anilines is 5. The first-order valence-electron chi connectivity index (χ1n) is 15.4. The normalized spacial score (nSPS) is 19.2. The standard InChI is InChI=1S/C32H41BrN9O2P/c1-6-20-15-27(28(44-3)18-26(20)37-21-16-22(17-21)42-13-11-41(2)12-14-42)39-32-36-19-23(33)31(40-32)38-25-8-7-24-29(35-10-9-34-24)30(25)45(4,5)43/h7-10,15,18-19,21-22,37H,6,11-14,16-17H2,1-5H3,(H2,36,38,39,40)/t21-,22+. The second kappa shape index (κ2) is 13.2. The van der Waals surface area contributed by atoms with Crippen LogP contribution in [-0.4, -0.2) is 95.5 Å². The highest BCUT2D eigenvalue weighted by Crippen LogP contribution is 2.42. The van der Waals surface area contributed by atoms with Crippen molar-refractivity contribution in [3.05, 3.63) is 52.9 Å². The lowest BCUT2D eigenvalue weighted by atomic mass is 9.84. The molecule has 13 heteroatoms. The Morgan fingerprint density at radius 3 is 2.47 bits per heavy atom. The molecule has 1 saturated carbocycles. The van der Waals surface area contributed by atoms with E-state index in [0.29, 0.717) is 56.1 Å². The highest BCUT2D eigenvalue weighted by Gasteiger charge is 2.35. The molecule has 45 heavy (non-hydrogen) atoms. The third-order valence-corrected chi connectivity index (χ3v) is 10.8. The fourth-order valence-electron chi connectivity index (χ4n) is 6.16. The van der Waals surface area contributed by atoms with Gasteiger partial charge in [-0.05, 0) is 79.3 Å². The Morgan fingerprint density at radius 1 is 1.00 bits per heavy atom. The molecule has 2 fully saturated rings. The van der Waals surface area contributed by atoms with Crippen LogP contribution < -0.4 is 26.0 Å². The number of hydrogen-bond donors (Lipinski definition) is 3. The van der Waals surface area contributed by atoms with E-state index in [1.54, 1.807) is 39.0 Å². The SMILES string of the molecule is CCc1cc(Nc2ncc(Br)c(Nc3ccc4nccnc4c3P(C)(C)=O)n2)c(OC)cc1N[C@H]1C[C@@H](N2CCN(C)CC2)C1. The van der Waals surface area contributed by atoms with Crippen molar-refractivity contribution in [2.24, 2.45) is 0 Å². The van der Waals surface area contributed by atoms with E-state index in [-0.39, 0.29) is 0 Å². The largest absolute Gasteiger partial charge is 0.494 e. The van der Waals surface area contributed by atoms with E-state index in [9.17, 15) is 4.57 Å². The number of aromatic nitrogens is 4. The lowest BCUT2D eigenvalue weighted by Gasteiger charge is -2.46. The fraction of sp³-hybridized carbons (Fsp3) is 0.438. The number of hydrogen-bond acceptors (Lipinski definition) is 11. The van der Waals surface area contributed by atoms with Gasteiger partial charge in [0.2, 0.25) is 5.95 Å². The first-order valence-corrected chi connectivity index (χ1v) is 18.8. The van der Waals surface area contributed by atoms with Gasteiger partial charge in [-0.15, -0.1) is 0 Å². The quantitative estimate of drug-likeness (QED) is 0.178. The van der Waals surface area contributed by atoms with E-state index in [2.05, 4.69) is 82.7 Å². The number of fused-ring (bicyclic) bond motifs is 1. The van der Waals surface area contributed by atoms with E-state index in [4.69, 9.17) is 9.72 Å². The number of nitrogens with zero attached hydrogens (tertiary/aromatic N) is 6. The van der Waals surface area contributed by atoms with E-state index >= 15 is 0 Å². The van der Waals surface area contributed by atoms with Crippen LogP contribution in [0.5, 0.6) is 5.75 Å². The first kappa shape index (κ1) is 31.7. The van der Waals surface area contributed by atoms with Crippen molar-refractivity contribution < 1.29 is 9.30 Å². The molecule has 0 amide bonds. The van der Waals surface area contributed by atoms with Crippen LogP contribution in [0.2, 0.25) is 0 Å². The Morgan fingerprint density at radius 2 is 1.76 bits per heavy atom. The average Bonchev–Trinajstić information content (AvgIpc) is 3.00. The average molecular weight is 695 g/mol. The van der Waals surface area contributed by atoms with Crippen molar-refractivity contribution in [2.75, 3.05) is 69.6 Å². The molecule has 2 aliphatic rings. The van der Waals surface area contributed by atoms with Gasteiger partial charge in [-0.3, -0.25) is 14.9 Å². The molecule has 238 valence electrons. The number of halogens is 1. The molecular weight excluding hydrogens is 653 g/mol. The highest BCUT2D eigenvalue weighted by molar-refractivity contribution is 9.10. The summed E-state index contributed by atoms with van der Waals surface area (Å²) in [5, 5.41) is 11.2. The molecule has 3 heterocycles. The molecule has 4 aromatic rings. The molecule has 2 aromatic heterocycles. The predicted molar refractivity (Wildman–Crippen MR) is 187 cm³/mol. The van der Waals surface area contributed by atoms with Crippen molar-refractivity contribution in [1.29, 1.82) is 0 Å². The number of aryl methyl sites for hydroxylation is 1. The zero-order valence-electron chi connectivity index (χ0n) is 26.5. The summed E-state index contributed by atoms with van der Waals surface area (Å²) in [6.45, 7) is 10.3. The van der Waals surface area contributed by atoms with E-state index in [1.807, 2.05) is 12.1 Å². The topological polar surface area (TPSA) is 120 Å². The number of ether oxygens (including phenoxy) is 1. The first-order chi connectivity index (χ1) is 21.6. The summed E-state index contributed by atoms with van der Waals surface area (Å²) in [7, 11) is 1.15. The van der Waals surface area contributed by atoms with Crippen molar-refractivity contribution in [2.45, 2.75) is 38.3 Å². The summed E-state index contributed by atoms with van der Waals surface area (Å²) in [4.78, 5) is 23.2. The fourth-order valence-corrected chi connectivity index (χ4v) is 7.84. The maximum absolute atomic E-state index is 13.4. The van der Waals surface area contributed by atoms with Gasteiger partial charge in [-0.25, -0.2) is 4.98 Å². The van der Waals surface area contributed by atoms with Gasteiger partial charge in [0, 0.05) is 68.6 Å². The van der Waals surface area contributed by atoms with Gasteiger partial charge in [0.25, 0.3) is 0 Å². The molecule has 0 radical (unpaired) electrons. The molecule has 1 aliphatic heterocycles. The van der Waals surface area contributed by atoms with Gasteiger partial charge in [-0.1, -0.05) is 6.92 Å². The summed E-state index contributed by atoms with van der Waals surface area (Å²) in [6.07, 6.45) is 8.12. The second-order valence-corrected chi connectivity index (χ2v) is 16.2. The summed E-state index contributed by atoms with van der Waals surface area (Å²) in [5.74, 6) is 1.63. The number of piperazine rings is 1. The highest BCUT2D eigenvalue weighted by atomic mass is 79.9. The maximum Gasteiger partial charge on any atom is 0.229 e. The number of nitrogens with one attached hydrogen (secondary N) is 3. The zero-order chi connectivity index (χ0) is 31.7. The van der Waals surface area contributed by atoms with Gasteiger partial charge in [0.15, 0.2) is 0 Å². The third kappa shape index (κ3) is 6.94. The van der Waals surface area contributed by atoms with Crippen LogP contribution >= 0.6 is 23.1 Å². The Labute approximate surface area is 273 Å². The minimum Gasteiger partial charge on any atom is -0.494 e. The lowest BCUT2D eigenvalue weighted by Crippen LogP contribution is -2.55. The summed E-state index contributed by atoms with van der Waals surface area (Å²) in [5.41, 5.74) is 5.05. The Bertz CT molecular complexity index is 1740. The minimum atomic E-state index is -2.73. The van der Waals surface area contributed by atoms with Gasteiger partial charge >= 0.3 is 0 Å². The molecule has 6 rings (SSSR count). The van der Waals surface area contributed by atoms with Crippen molar-refractivity contribution in [3.8, 4) is 5.75 Å². The van der Waals surface area contributed by atoms with Crippen molar-refractivity contribution >= 4 is 68.2 Å². The van der Waals surface area contributed by atoms with Crippen molar-refractivity contribution in [1.82, 2.24) is 29.7 Å². The summed E-state index contributed by atoms with van der Waals surface area (Å²) in [6, 6.07) is 9.04. The Kier molecular flexibility index (Phi) is 9.29. The molecular formula is C32H41BrN9O2P. The molecule has 11 nitrogen and oxygen atoms in total. The van der Waals surface area contributed by atoms with Gasteiger partial charge in [-0.2, -0.15) is 4.98 Å². The molecule has 1 saturated heterocycles. The van der Waals surface area contributed by atoms with Gasteiger partial charge < -0.3 is 30.2 Å².